The lowest BCUT2D eigenvalue weighted by Gasteiger charge is -2.32. The highest BCUT2D eigenvalue weighted by molar-refractivity contribution is 9.10. The molecule has 2 aromatic carbocycles. The summed E-state index contributed by atoms with van der Waals surface area (Å²) in [4.78, 5) is 14.9. The zero-order chi connectivity index (χ0) is 16.9. The molecule has 0 aliphatic carbocycles. The van der Waals surface area contributed by atoms with Crippen molar-refractivity contribution in [2.75, 3.05) is 18.4 Å². The van der Waals surface area contributed by atoms with Crippen LogP contribution in [-0.4, -0.2) is 23.9 Å². The summed E-state index contributed by atoms with van der Waals surface area (Å²) in [5.74, 6) is 0.168. The predicted octanol–water partition coefficient (Wildman–Crippen LogP) is 5.06. The molecule has 2 aromatic rings. The topological polar surface area (TPSA) is 32.3 Å². The molecule has 1 heterocycles. The van der Waals surface area contributed by atoms with Gasteiger partial charge in [0.15, 0.2) is 0 Å². The van der Waals surface area contributed by atoms with Crippen LogP contribution in [0.1, 0.15) is 18.4 Å². The maximum absolute atomic E-state index is 12.6. The Balaban J connectivity index is 1.58. The van der Waals surface area contributed by atoms with E-state index in [-0.39, 0.29) is 11.8 Å². The number of hydrogen-bond donors (Lipinski definition) is 1. The fraction of sp³-hybridized carbons (Fsp3) is 0.316. The number of anilines is 1. The summed E-state index contributed by atoms with van der Waals surface area (Å²) in [5, 5.41) is 3.04. The third kappa shape index (κ3) is 4.91. The lowest BCUT2D eigenvalue weighted by Crippen LogP contribution is -2.40. The number of carbonyl (C=O) groups is 1. The summed E-state index contributed by atoms with van der Waals surface area (Å²) >= 11 is 6.90. The first-order chi connectivity index (χ1) is 11.6. The Morgan fingerprint density at radius 3 is 2.67 bits per heavy atom. The molecule has 3 nitrogen and oxygen atoms in total. The van der Waals surface area contributed by atoms with Crippen LogP contribution in [0.15, 0.2) is 57.5 Å². The number of halogens is 2. The number of nitrogens with zero attached hydrogens (tertiary/aromatic N) is 1. The van der Waals surface area contributed by atoms with E-state index in [1.54, 1.807) is 0 Å². The number of hydrogen-bond acceptors (Lipinski definition) is 2. The summed E-state index contributed by atoms with van der Waals surface area (Å²) in [5.41, 5.74) is 2.13. The van der Waals surface area contributed by atoms with Crippen LogP contribution in [0.5, 0.6) is 0 Å². The second-order valence-corrected chi connectivity index (χ2v) is 8.03. The van der Waals surface area contributed by atoms with Crippen molar-refractivity contribution in [1.29, 1.82) is 0 Å². The average Bonchev–Trinajstić information content (AvgIpc) is 2.57. The minimum Gasteiger partial charge on any atom is -0.326 e. The van der Waals surface area contributed by atoms with E-state index in [2.05, 4.69) is 66.3 Å². The van der Waals surface area contributed by atoms with Crippen molar-refractivity contribution in [3.8, 4) is 0 Å². The second kappa shape index (κ2) is 8.28. The van der Waals surface area contributed by atoms with Crippen LogP contribution in [0.4, 0.5) is 5.69 Å². The van der Waals surface area contributed by atoms with Gasteiger partial charge in [-0.2, -0.15) is 0 Å². The lowest BCUT2D eigenvalue weighted by atomic mass is 9.96. The van der Waals surface area contributed by atoms with E-state index in [1.165, 1.54) is 5.56 Å². The molecule has 3 rings (SSSR count). The van der Waals surface area contributed by atoms with Gasteiger partial charge in [0, 0.05) is 27.7 Å². The van der Waals surface area contributed by atoms with E-state index in [1.807, 2.05) is 24.3 Å². The predicted molar refractivity (Wildman–Crippen MR) is 105 cm³/mol. The van der Waals surface area contributed by atoms with Gasteiger partial charge in [0.1, 0.15) is 0 Å². The number of carbonyl (C=O) groups excluding carboxylic acids is 1. The number of piperidine rings is 1. The fourth-order valence-electron chi connectivity index (χ4n) is 3.07. The molecule has 1 N–H and O–H groups in total. The summed E-state index contributed by atoms with van der Waals surface area (Å²) in [6, 6.07) is 16.1. The highest BCUT2D eigenvalue weighted by atomic mass is 79.9. The summed E-state index contributed by atoms with van der Waals surface area (Å²) in [6.07, 6.45) is 2.02. The van der Waals surface area contributed by atoms with Crippen LogP contribution in [-0.2, 0) is 11.3 Å². The molecule has 1 aliphatic heterocycles. The van der Waals surface area contributed by atoms with Crippen molar-refractivity contribution in [3.05, 3.63) is 63.0 Å². The quantitative estimate of drug-likeness (QED) is 0.704. The summed E-state index contributed by atoms with van der Waals surface area (Å²) in [7, 11) is 0. The van der Waals surface area contributed by atoms with Gasteiger partial charge >= 0.3 is 0 Å². The SMILES string of the molecule is O=C(Nc1cccc(Br)c1)C1CCCN(Cc2ccc(Br)cc2)C1. The van der Waals surface area contributed by atoms with Crippen LogP contribution in [0.2, 0.25) is 0 Å². The molecule has 1 fully saturated rings. The summed E-state index contributed by atoms with van der Waals surface area (Å²) < 4.78 is 2.07. The molecule has 1 aliphatic rings. The molecule has 0 saturated carbocycles. The number of rotatable bonds is 4. The van der Waals surface area contributed by atoms with Gasteiger partial charge in [-0.15, -0.1) is 0 Å². The van der Waals surface area contributed by atoms with Gasteiger partial charge in [-0.25, -0.2) is 0 Å². The molecule has 1 amide bonds. The number of benzene rings is 2. The molecule has 1 unspecified atom stereocenters. The van der Waals surface area contributed by atoms with Gasteiger partial charge < -0.3 is 5.32 Å². The number of nitrogens with one attached hydrogen (secondary N) is 1. The Kier molecular flexibility index (Phi) is 6.09. The monoisotopic (exact) mass is 450 g/mol. The highest BCUT2D eigenvalue weighted by Gasteiger charge is 2.25. The third-order valence-corrected chi connectivity index (χ3v) is 5.31. The minimum atomic E-state index is 0.0492. The Bertz CT molecular complexity index is 703. The maximum atomic E-state index is 12.6. The largest absolute Gasteiger partial charge is 0.326 e. The Labute approximate surface area is 159 Å². The molecule has 0 radical (unpaired) electrons. The van der Waals surface area contributed by atoms with E-state index < -0.39 is 0 Å². The van der Waals surface area contributed by atoms with Crippen LogP contribution in [0, 0.1) is 5.92 Å². The van der Waals surface area contributed by atoms with Gasteiger partial charge in [-0.1, -0.05) is 50.1 Å². The van der Waals surface area contributed by atoms with Gasteiger partial charge in [-0.05, 0) is 55.3 Å². The van der Waals surface area contributed by atoms with Gasteiger partial charge in [-0.3, -0.25) is 9.69 Å². The normalized spacial score (nSPS) is 18.3. The third-order valence-electron chi connectivity index (χ3n) is 4.29. The van der Waals surface area contributed by atoms with Crippen molar-refractivity contribution in [2.24, 2.45) is 5.92 Å². The van der Waals surface area contributed by atoms with E-state index in [0.29, 0.717) is 0 Å². The van der Waals surface area contributed by atoms with Gasteiger partial charge in [0.25, 0.3) is 0 Å². The molecule has 1 saturated heterocycles. The van der Waals surface area contributed by atoms with Crippen molar-refractivity contribution in [1.82, 2.24) is 4.90 Å². The van der Waals surface area contributed by atoms with Crippen molar-refractivity contribution in [3.63, 3.8) is 0 Å². The fourth-order valence-corrected chi connectivity index (χ4v) is 3.74. The molecule has 0 bridgehead atoms. The molecule has 24 heavy (non-hydrogen) atoms. The smallest absolute Gasteiger partial charge is 0.228 e. The Morgan fingerprint density at radius 1 is 1.12 bits per heavy atom. The molecule has 5 heteroatoms. The molecule has 126 valence electrons. The van der Waals surface area contributed by atoms with E-state index >= 15 is 0 Å². The summed E-state index contributed by atoms with van der Waals surface area (Å²) in [6.45, 7) is 2.76. The van der Waals surface area contributed by atoms with Crippen LogP contribution in [0.3, 0.4) is 0 Å². The zero-order valence-corrected chi connectivity index (χ0v) is 16.5. The Hall–Kier alpha value is -1.17. The zero-order valence-electron chi connectivity index (χ0n) is 13.3. The highest BCUT2D eigenvalue weighted by Crippen LogP contribution is 2.22. The number of amides is 1. The standard InChI is InChI=1S/C19H20Br2N2O/c20-16-8-6-14(7-9-16)12-23-10-2-3-15(13-23)19(24)22-18-5-1-4-17(21)11-18/h1,4-9,11,15H,2-3,10,12-13H2,(H,22,24). The van der Waals surface area contributed by atoms with Crippen LogP contribution >= 0.6 is 31.9 Å². The second-order valence-electron chi connectivity index (χ2n) is 6.20. The van der Waals surface area contributed by atoms with Gasteiger partial charge in [0.05, 0.1) is 5.92 Å². The molecule has 1 atom stereocenters. The van der Waals surface area contributed by atoms with E-state index in [9.17, 15) is 4.79 Å². The van der Waals surface area contributed by atoms with Gasteiger partial charge in [0.2, 0.25) is 5.91 Å². The minimum absolute atomic E-state index is 0.0492. The van der Waals surface area contributed by atoms with Crippen LogP contribution in [0.25, 0.3) is 0 Å². The molecular weight excluding hydrogens is 432 g/mol. The lowest BCUT2D eigenvalue weighted by molar-refractivity contribution is -0.121. The molecule has 0 spiro atoms. The van der Waals surface area contributed by atoms with Crippen molar-refractivity contribution >= 4 is 43.5 Å². The van der Waals surface area contributed by atoms with E-state index in [4.69, 9.17) is 0 Å². The average molecular weight is 452 g/mol. The van der Waals surface area contributed by atoms with E-state index in [0.717, 1.165) is 47.1 Å². The van der Waals surface area contributed by atoms with Crippen molar-refractivity contribution < 1.29 is 4.79 Å². The Morgan fingerprint density at radius 2 is 1.92 bits per heavy atom. The molecular formula is C19H20Br2N2O. The first kappa shape index (κ1) is 17.6. The maximum Gasteiger partial charge on any atom is 0.228 e. The van der Waals surface area contributed by atoms with Crippen molar-refractivity contribution in [2.45, 2.75) is 19.4 Å². The van der Waals surface area contributed by atoms with Crippen LogP contribution < -0.4 is 5.32 Å². The first-order valence-corrected chi connectivity index (χ1v) is 9.72. The number of likely N-dealkylation sites (tertiary alicyclic amines) is 1. The molecule has 0 aromatic heterocycles. The first-order valence-electron chi connectivity index (χ1n) is 8.13.